The van der Waals surface area contributed by atoms with Crippen LogP contribution in [0, 0.1) is 0 Å². The number of hydrogen-bond donors (Lipinski definition) is 2. The second-order valence-corrected chi connectivity index (χ2v) is 3.50. The van der Waals surface area contributed by atoms with E-state index in [9.17, 15) is 0 Å². The number of anilines is 1. The molecule has 0 amide bonds. The standard InChI is InChI=1S/C10H15N3/c11-10-9(2-1-5-13-10)8-3-6-12-7-4-8/h1-2,5,8,12H,3-4,6-7H2,(H2,11,13). The van der Waals surface area contributed by atoms with Crippen molar-refractivity contribution in [2.75, 3.05) is 18.8 Å². The summed E-state index contributed by atoms with van der Waals surface area (Å²) in [5, 5.41) is 3.34. The lowest BCUT2D eigenvalue weighted by molar-refractivity contribution is 0.460. The highest BCUT2D eigenvalue weighted by Gasteiger charge is 2.17. The number of nitrogen functional groups attached to an aromatic ring is 1. The largest absolute Gasteiger partial charge is 0.383 e. The zero-order valence-corrected chi connectivity index (χ0v) is 7.66. The Hall–Kier alpha value is -1.09. The summed E-state index contributed by atoms with van der Waals surface area (Å²) in [4.78, 5) is 4.11. The lowest BCUT2D eigenvalue weighted by atomic mass is 9.91. The highest BCUT2D eigenvalue weighted by Crippen LogP contribution is 2.27. The summed E-state index contributed by atoms with van der Waals surface area (Å²) < 4.78 is 0. The molecule has 0 spiro atoms. The minimum atomic E-state index is 0.606. The van der Waals surface area contributed by atoms with Crippen molar-refractivity contribution in [2.45, 2.75) is 18.8 Å². The van der Waals surface area contributed by atoms with E-state index in [1.807, 2.05) is 6.07 Å². The summed E-state index contributed by atoms with van der Waals surface area (Å²) in [6, 6.07) is 4.06. The SMILES string of the molecule is Nc1ncccc1C1CCNCC1. The quantitative estimate of drug-likeness (QED) is 0.676. The van der Waals surface area contributed by atoms with Gasteiger partial charge >= 0.3 is 0 Å². The molecular weight excluding hydrogens is 162 g/mol. The van der Waals surface area contributed by atoms with Crippen molar-refractivity contribution in [2.24, 2.45) is 0 Å². The molecule has 1 saturated heterocycles. The summed E-state index contributed by atoms with van der Waals surface area (Å²) in [6.07, 6.45) is 4.10. The van der Waals surface area contributed by atoms with Gasteiger partial charge in [-0.15, -0.1) is 0 Å². The van der Waals surface area contributed by atoms with Crippen molar-refractivity contribution in [3.8, 4) is 0 Å². The highest BCUT2D eigenvalue weighted by atomic mass is 14.9. The Labute approximate surface area is 78.4 Å². The summed E-state index contributed by atoms with van der Waals surface area (Å²) in [6.45, 7) is 2.19. The smallest absolute Gasteiger partial charge is 0.126 e. The monoisotopic (exact) mass is 177 g/mol. The van der Waals surface area contributed by atoms with Crippen molar-refractivity contribution in [1.29, 1.82) is 0 Å². The zero-order chi connectivity index (χ0) is 9.10. The number of hydrogen-bond acceptors (Lipinski definition) is 3. The summed E-state index contributed by atoms with van der Waals surface area (Å²) in [5.74, 6) is 1.31. The van der Waals surface area contributed by atoms with Crippen LogP contribution in [0.25, 0.3) is 0 Å². The van der Waals surface area contributed by atoms with E-state index in [0.717, 1.165) is 13.1 Å². The molecule has 0 aromatic carbocycles. The van der Waals surface area contributed by atoms with E-state index >= 15 is 0 Å². The molecular formula is C10H15N3. The van der Waals surface area contributed by atoms with Crippen LogP contribution in [0.2, 0.25) is 0 Å². The first-order chi connectivity index (χ1) is 6.38. The molecule has 1 aromatic rings. The molecule has 0 aliphatic carbocycles. The van der Waals surface area contributed by atoms with Gasteiger partial charge in [0.2, 0.25) is 0 Å². The van der Waals surface area contributed by atoms with Gasteiger partial charge in [0.1, 0.15) is 5.82 Å². The highest BCUT2D eigenvalue weighted by molar-refractivity contribution is 5.41. The molecule has 13 heavy (non-hydrogen) atoms. The topological polar surface area (TPSA) is 50.9 Å². The van der Waals surface area contributed by atoms with Crippen LogP contribution in [0.4, 0.5) is 5.82 Å². The molecule has 0 bridgehead atoms. The molecule has 1 aliphatic heterocycles. The Balaban J connectivity index is 2.18. The van der Waals surface area contributed by atoms with E-state index in [1.54, 1.807) is 6.20 Å². The molecule has 0 unspecified atom stereocenters. The Bertz CT molecular complexity index is 279. The summed E-state index contributed by atoms with van der Waals surface area (Å²) >= 11 is 0. The second kappa shape index (κ2) is 3.75. The fourth-order valence-corrected chi connectivity index (χ4v) is 1.91. The minimum absolute atomic E-state index is 0.606. The molecule has 1 aliphatic rings. The molecule has 0 saturated carbocycles. The maximum absolute atomic E-state index is 5.82. The van der Waals surface area contributed by atoms with E-state index in [2.05, 4.69) is 16.4 Å². The molecule has 1 fully saturated rings. The Morgan fingerprint density at radius 1 is 1.38 bits per heavy atom. The molecule has 2 heterocycles. The van der Waals surface area contributed by atoms with E-state index in [-0.39, 0.29) is 0 Å². The van der Waals surface area contributed by atoms with Crippen molar-refractivity contribution < 1.29 is 0 Å². The van der Waals surface area contributed by atoms with Crippen LogP contribution in [-0.4, -0.2) is 18.1 Å². The third kappa shape index (κ3) is 1.80. The number of nitrogens with zero attached hydrogens (tertiary/aromatic N) is 1. The molecule has 0 radical (unpaired) electrons. The van der Waals surface area contributed by atoms with Crippen LogP contribution in [0.15, 0.2) is 18.3 Å². The molecule has 3 N–H and O–H groups in total. The Kier molecular flexibility index (Phi) is 2.45. The fraction of sp³-hybridized carbons (Fsp3) is 0.500. The molecule has 2 rings (SSSR count). The van der Waals surface area contributed by atoms with Crippen LogP contribution in [-0.2, 0) is 0 Å². The first-order valence-electron chi connectivity index (χ1n) is 4.79. The first-order valence-corrected chi connectivity index (χ1v) is 4.79. The average molecular weight is 177 g/mol. The maximum Gasteiger partial charge on any atom is 0.126 e. The third-order valence-corrected chi connectivity index (χ3v) is 2.65. The lowest BCUT2D eigenvalue weighted by Gasteiger charge is -2.23. The zero-order valence-electron chi connectivity index (χ0n) is 7.66. The van der Waals surface area contributed by atoms with E-state index in [0.29, 0.717) is 11.7 Å². The van der Waals surface area contributed by atoms with Crippen molar-refractivity contribution >= 4 is 5.82 Å². The fourth-order valence-electron chi connectivity index (χ4n) is 1.91. The van der Waals surface area contributed by atoms with Crippen molar-refractivity contribution in [1.82, 2.24) is 10.3 Å². The number of rotatable bonds is 1. The average Bonchev–Trinajstić information content (AvgIpc) is 2.20. The van der Waals surface area contributed by atoms with Crippen molar-refractivity contribution in [3.05, 3.63) is 23.9 Å². The van der Waals surface area contributed by atoms with Gasteiger partial charge in [-0.05, 0) is 43.5 Å². The molecule has 1 aromatic heterocycles. The van der Waals surface area contributed by atoms with Crippen LogP contribution in [0.3, 0.4) is 0 Å². The molecule has 70 valence electrons. The van der Waals surface area contributed by atoms with Gasteiger partial charge in [0.15, 0.2) is 0 Å². The Morgan fingerprint density at radius 3 is 2.85 bits per heavy atom. The summed E-state index contributed by atoms with van der Waals surface area (Å²) in [7, 11) is 0. The van der Waals surface area contributed by atoms with Crippen molar-refractivity contribution in [3.63, 3.8) is 0 Å². The van der Waals surface area contributed by atoms with E-state index in [1.165, 1.54) is 18.4 Å². The second-order valence-electron chi connectivity index (χ2n) is 3.50. The van der Waals surface area contributed by atoms with Crippen LogP contribution < -0.4 is 11.1 Å². The summed E-state index contributed by atoms with van der Waals surface area (Å²) in [5.41, 5.74) is 7.05. The first kappa shape index (κ1) is 8.51. The normalized spacial score (nSPS) is 18.8. The van der Waals surface area contributed by atoms with Crippen LogP contribution >= 0.6 is 0 Å². The predicted molar refractivity (Wildman–Crippen MR) is 53.5 cm³/mol. The van der Waals surface area contributed by atoms with E-state index < -0.39 is 0 Å². The maximum atomic E-state index is 5.82. The van der Waals surface area contributed by atoms with Gasteiger partial charge in [0.25, 0.3) is 0 Å². The van der Waals surface area contributed by atoms with Crippen LogP contribution in [0.1, 0.15) is 24.3 Å². The third-order valence-electron chi connectivity index (χ3n) is 2.65. The van der Waals surface area contributed by atoms with Gasteiger partial charge in [-0.2, -0.15) is 0 Å². The number of nitrogens with two attached hydrogens (primary N) is 1. The molecule has 3 heteroatoms. The van der Waals surface area contributed by atoms with Gasteiger partial charge in [-0.25, -0.2) is 4.98 Å². The minimum Gasteiger partial charge on any atom is -0.383 e. The van der Waals surface area contributed by atoms with E-state index in [4.69, 9.17) is 5.73 Å². The number of aromatic nitrogens is 1. The van der Waals surface area contributed by atoms with Gasteiger partial charge < -0.3 is 11.1 Å². The molecule has 3 nitrogen and oxygen atoms in total. The Morgan fingerprint density at radius 2 is 2.15 bits per heavy atom. The van der Waals surface area contributed by atoms with Crippen LogP contribution in [0.5, 0.6) is 0 Å². The van der Waals surface area contributed by atoms with Gasteiger partial charge in [-0.3, -0.25) is 0 Å². The van der Waals surface area contributed by atoms with Gasteiger partial charge in [0.05, 0.1) is 0 Å². The number of pyridine rings is 1. The molecule has 0 atom stereocenters. The predicted octanol–water partition coefficient (Wildman–Crippen LogP) is 1.13. The number of piperidine rings is 1. The number of nitrogens with one attached hydrogen (secondary N) is 1. The van der Waals surface area contributed by atoms with Gasteiger partial charge in [0, 0.05) is 6.20 Å². The lowest BCUT2D eigenvalue weighted by Crippen LogP contribution is -2.27. The van der Waals surface area contributed by atoms with Gasteiger partial charge in [-0.1, -0.05) is 6.07 Å².